The molecule has 0 saturated carbocycles. The highest BCUT2D eigenvalue weighted by Gasteiger charge is 2.23. The maximum Gasteiger partial charge on any atom is 0.246 e. The second kappa shape index (κ2) is 3.91. The van der Waals surface area contributed by atoms with Crippen molar-refractivity contribution in [2.24, 2.45) is 0 Å². The molecule has 0 aromatic heterocycles. The van der Waals surface area contributed by atoms with Crippen molar-refractivity contribution >= 4 is 15.7 Å². The fraction of sp³-hybridized carbons (Fsp3) is 0.625. The van der Waals surface area contributed by atoms with Crippen LogP contribution in [0.1, 0.15) is 6.92 Å². The van der Waals surface area contributed by atoms with Gasteiger partial charge in [-0.1, -0.05) is 6.08 Å². The Morgan fingerprint density at radius 2 is 1.85 bits per heavy atom. The highest BCUT2D eigenvalue weighted by atomic mass is 32.2. The number of hydrogen-bond donors (Lipinski definition) is 0. The van der Waals surface area contributed by atoms with E-state index in [0.29, 0.717) is 13.1 Å². The van der Waals surface area contributed by atoms with Crippen LogP contribution in [0.4, 0.5) is 0 Å². The van der Waals surface area contributed by atoms with Gasteiger partial charge >= 0.3 is 0 Å². The Bertz CT molecular complexity index is 304. The minimum Gasteiger partial charge on any atom is -0.337 e. The SMILES string of the molecule is CC=CC(=O)N1CCS(=O)(=O)CC1. The molecule has 0 aromatic carbocycles. The zero-order valence-corrected chi connectivity index (χ0v) is 8.38. The molecule has 1 heterocycles. The lowest BCUT2D eigenvalue weighted by molar-refractivity contribution is -0.125. The number of hydrogen-bond acceptors (Lipinski definition) is 3. The summed E-state index contributed by atoms with van der Waals surface area (Å²) in [6.45, 7) is 2.41. The van der Waals surface area contributed by atoms with E-state index in [4.69, 9.17) is 0 Å². The van der Waals surface area contributed by atoms with Crippen LogP contribution in [0.5, 0.6) is 0 Å². The molecule has 0 aromatic rings. The van der Waals surface area contributed by atoms with Crippen LogP contribution in [-0.4, -0.2) is 43.8 Å². The summed E-state index contributed by atoms with van der Waals surface area (Å²) < 4.78 is 22.0. The Balaban J connectivity index is 2.55. The first-order valence-corrected chi connectivity index (χ1v) is 5.99. The van der Waals surface area contributed by atoms with E-state index < -0.39 is 9.84 Å². The van der Waals surface area contributed by atoms with Crippen LogP contribution in [0.15, 0.2) is 12.2 Å². The molecule has 1 aliphatic heterocycles. The number of sulfone groups is 1. The first kappa shape index (κ1) is 10.2. The van der Waals surface area contributed by atoms with Gasteiger partial charge in [0.1, 0.15) is 0 Å². The van der Waals surface area contributed by atoms with Gasteiger partial charge in [-0.3, -0.25) is 4.79 Å². The number of allylic oxidation sites excluding steroid dienone is 1. The summed E-state index contributed by atoms with van der Waals surface area (Å²) in [5.74, 6) is 0.0875. The van der Waals surface area contributed by atoms with Crippen LogP contribution >= 0.6 is 0 Å². The summed E-state index contributed by atoms with van der Waals surface area (Å²) in [4.78, 5) is 12.8. The molecule has 74 valence electrons. The van der Waals surface area contributed by atoms with Crippen molar-refractivity contribution in [2.75, 3.05) is 24.6 Å². The van der Waals surface area contributed by atoms with Crippen LogP contribution in [-0.2, 0) is 14.6 Å². The van der Waals surface area contributed by atoms with Gasteiger partial charge in [-0.05, 0) is 13.0 Å². The molecule has 0 atom stereocenters. The zero-order valence-electron chi connectivity index (χ0n) is 7.56. The molecule has 0 N–H and O–H groups in total. The van der Waals surface area contributed by atoms with Crippen molar-refractivity contribution in [3.63, 3.8) is 0 Å². The molecule has 4 nitrogen and oxygen atoms in total. The molecular formula is C8H13NO3S. The monoisotopic (exact) mass is 203 g/mol. The first-order chi connectivity index (χ1) is 6.05. The van der Waals surface area contributed by atoms with Crippen LogP contribution < -0.4 is 0 Å². The van der Waals surface area contributed by atoms with E-state index in [1.54, 1.807) is 17.9 Å². The van der Waals surface area contributed by atoms with Gasteiger partial charge in [-0.25, -0.2) is 8.42 Å². The van der Waals surface area contributed by atoms with E-state index in [1.807, 2.05) is 0 Å². The molecule has 1 aliphatic rings. The lowest BCUT2D eigenvalue weighted by atomic mass is 10.4. The minimum atomic E-state index is -2.88. The maximum absolute atomic E-state index is 11.3. The Morgan fingerprint density at radius 3 is 2.31 bits per heavy atom. The molecule has 0 spiro atoms. The molecule has 5 heteroatoms. The second-order valence-corrected chi connectivity index (χ2v) is 5.28. The fourth-order valence-electron chi connectivity index (χ4n) is 1.18. The fourth-order valence-corrected chi connectivity index (χ4v) is 2.38. The lowest BCUT2D eigenvalue weighted by Gasteiger charge is -2.25. The van der Waals surface area contributed by atoms with Crippen molar-refractivity contribution in [3.05, 3.63) is 12.2 Å². The van der Waals surface area contributed by atoms with Crippen molar-refractivity contribution < 1.29 is 13.2 Å². The van der Waals surface area contributed by atoms with Gasteiger partial charge in [0.05, 0.1) is 11.5 Å². The van der Waals surface area contributed by atoms with E-state index in [0.717, 1.165) is 0 Å². The predicted octanol–water partition coefficient (Wildman–Crippen LogP) is -0.180. The molecule has 0 bridgehead atoms. The largest absolute Gasteiger partial charge is 0.337 e. The van der Waals surface area contributed by atoms with Crippen LogP contribution in [0.3, 0.4) is 0 Å². The molecule has 0 radical (unpaired) electrons. The number of nitrogens with zero attached hydrogens (tertiary/aromatic N) is 1. The molecule has 1 saturated heterocycles. The topological polar surface area (TPSA) is 54.5 Å². The summed E-state index contributed by atoms with van der Waals surface area (Å²) in [5.41, 5.74) is 0. The Labute approximate surface area is 78.1 Å². The highest BCUT2D eigenvalue weighted by Crippen LogP contribution is 2.04. The van der Waals surface area contributed by atoms with Crippen molar-refractivity contribution in [1.82, 2.24) is 4.90 Å². The molecule has 1 amide bonds. The van der Waals surface area contributed by atoms with E-state index >= 15 is 0 Å². The van der Waals surface area contributed by atoms with Crippen LogP contribution in [0.2, 0.25) is 0 Å². The molecule has 13 heavy (non-hydrogen) atoms. The van der Waals surface area contributed by atoms with E-state index in [-0.39, 0.29) is 17.4 Å². The number of amides is 1. The van der Waals surface area contributed by atoms with E-state index in [2.05, 4.69) is 0 Å². The van der Waals surface area contributed by atoms with Gasteiger partial charge < -0.3 is 4.90 Å². The van der Waals surface area contributed by atoms with Gasteiger partial charge in [0.25, 0.3) is 0 Å². The van der Waals surface area contributed by atoms with Gasteiger partial charge in [-0.2, -0.15) is 0 Å². The average Bonchev–Trinajstić information content (AvgIpc) is 2.04. The van der Waals surface area contributed by atoms with Gasteiger partial charge in [0.15, 0.2) is 9.84 Å². The lowest BCUT2D eigenvalue weighted by Crippen LogP contribution is -2.43. The third-order valence-electron chi connectivity index (χ3n) is 1.97. The third kappa shape index (κ3) is 2.84. The number of carbonyl (C=O) groups excluding carboxylic acids is 1. The van der Waals surface area contributed by atoms with E-state index in [1.165, 1.54) is 6.08 Å². The Kier molecular flexibility index (Phi) is 3.08. The molecule has 0 unspecified atom stereocenters. The maximum atomic E-state index is 11.3. The van der Waals surface area contributed by atoms with Gasteiger partial charge in [0, 0.05) is 13.1 Å². The van der Waals surface area contributed by atoms with Crippen LogP contribution in [0, 0.1) is 0 Å². The van der Waals surface area contributed by atoms with Gasteiger partial charge in [-0.15, -0.1) is 0 Å². The van der Waals surface area contributed by atoms with E-state index in [9.17, 15) is 13.2 Å². The summed E-state index contributed by atoms with van der Waals surface area (Å²) >= 11 is 0. The highest BCUT2D eigenvalue weighted by molar-refractivity contribution is 7.91. The molecular weight excluding hydrogens is 190 g/mol. The Morgan fingerprint density at radius 1 is 1.31 bits per heavy atom. The van der Waals surface area contributed by atoms with Gasteiger partial charge in [0.2, 0.25) is 5.91 Å². The standard InChI is InChI=1S/C8H13NO3S/c1-2-3-8(10)9-4-6-13(11,12)7-5-9/h2-3H,4-7H2,1H3. The summed E-state index contributed by atoms with van der Waals surface area (Å²) in [6, 6.07) is 0. The van der Waals surface area contributed by atoms with Crippen molar-refractivity contribution in [3.8, 4) is 0 Å². The summed E-state index contributed by atoms with van der Waals surface area (Å²) in [5, 5.41) is 0. The normalized spacial score (nSPS) is 22.1. The minimum absolute atomic E-state index is 0.0935. The average molecular weight is 203 g/mol. The van der Waals surface area contributed by atoms with Crippen molar-refractivity contribution in [2.45, 2.75) is 6.92 Å². The number of carbonyl (C=O) groups is 1. The third-order valence-corrected chi connectivity index (χ3v) is 3.57. The van der Waals surface area contributed by atoms with Crippen molar-refractivity contribution in [1.29, 1.82) is 0 Å². The Hall–Kier alpha value is -0.840. The van der Waals surface area contributed by atoms with Crippen LogP contribution in [0.25, 0.3) is 0 Å². The predicted molar refractivity (Wildman–Crippen MR) is 50.0 cm³/mol. The summed E-state index contributed by atoms with van der Waals surface area (Å²) in [6.07, 6.45) is 3.11. The smallest absolute Gasteiger partial charge is 0.246 e. The number of rotatable bonds is 1. The zero-order chi connectivity index (χ0) is 9.90. The molecule has 1 fully saturated rings. The summed E-state index contributed by atoms with van der Waals surface area (Å²) in [7, 11) is -2.88. The molecule has 1 rings (SSSR count). The second-order valence-electron chi connectivity index (χ2n) is 2.98. The quantitative estimate of drug-likeness (QED) is 0.555. The molecule has 0 aliphatic carbocycles. The first-order valence-electron chi connectivity index (χ1n) is 4.17.